The minimum Gasteiger partial charge on any atom is -0.346 e. The molecule has 1 saturated heterocycles. The van der Waals surface area contributed by atoms with Crippen LogP contribution in [0, 0.1) is 0 Å². The molecule has 0 aromatic carbocycles. The Morgan fingerprint density at radius 2 is 2.33 bits per heavy atom. The summed E-state index contributed by atoms with van der Waals surface area (Å²) in [5.74, 6) is -0.580. The Bertz CT molecular complexity index is 485. The van der Waals surface area contributed by atoms with Gasteiger partial charge in [0.15, 0.2) is 0 Å². The molecular weight excluding hydrogens is 301 g/mol. The largest absolute Gasteiger partial charge is 0.405 e. The lowest BCUT2D eigenvalue weighted by molar-refractivity contribution is -0.139. The topological polar surface area (TPSA) is 32.3 Å². The predicted octanol–water partition coefficient (Wildman–Crippen LogP) is 2.90. The standard InChI is InChI=1S/C14H17F3N2OS/c15-14(16,17)10-18-13(20)9-19-7-1-3-11(19)5-6-12-4-2-8-21-12/h2,4-6,8,11H,1,3,7,9-10H2,(H,18,20)/b6-5+. The maximum absolute atomic E-state index is 12.0. The second kappa shape index (κ2) is 7.09. The van der Waals surface area contributed by atoms with Gasteiger partial charge in [0.25, 0.3) is 0 Å². The minimum atomic E-state index is -4.36. The molecule has 1 aromatic heterocycles. The summed E-state index contributed by atoms with van der Waals surface area (Å²) in [6, 6.07) is 4.07. The van der Waals surface area contributed by atoms with Crippen molar-refractivity contribution in [3.05, 3.63) is 28.5 Å². The van der Waals surface area contributed by atoms with Crippen molar-refractivity contribution < 1.29 is 18.0 Å². The van der Waals surface area contributed by atoms with Crippen LogP contribution in [0.25, 0.3) is 6.08 Å². The molecule has 2 rings (SSSR count). The van der Waals surface area contributed by atoms with Gasteiger partial charge in [-0.2, -0.15) is 13.2 Å². The number of hydrogen-bond donors (Lipinski definition) is 1. The first-order chi connectivity index (χ1) is 9.94. The van der Waals surface area contributed by atoms with Gasteiger partial charge in [0.05, 0.1) is 6.54 Å². The van der Waals surface area contributed by atoms with E-state index in [0.717, 1.165) is 24.3 Å². The number of carbonyl (C=O) groups excluding carboxylic acids is 1. The monoisotopic (exact) mass is 318 g/mol. The molecule has 21 heavy (non-hydrogen) atoms. The number of nitrogens with one attached hydrogen (secondary N) is 1. The van der Waals surface area contributed by atoms with Crippen LogP contribution in [-0.2, 0) is 4.79 Å². The van der Waals surface area contributed by atoms with Gasteiger partial charge < -0.3 is 5.32 Å². The number of carbonyl (C=O) groups is 1. The van der Waals surface area contributed by atoms with Gasteiger partial charge in [0.2, 0.25) is 5.91 Å². The van der Waals surface area contributed by atoms with E-state index < -0.39 is 18.6 Å². The molecule has 0 saturated carbocycles. The first-order valence-corrected chi connectivity index (χ1v) is 7.61. The second-order valence-corrected chi connectivity index (χ2v) is 5.93. The average Bonchev–Trinajstić information content (AvgIpc) is 3.04. The normalized spacial score (nSPS) is 20.2. The number of likely N-dealkylation sites (tertiary alicyclic amines) is 1. The molecule has 1 unspecified atom stereocenters. The summed E-state index contributed by atoms with van der Waals surface area (Å²) in [4.78, 5) is 14.6. The summed E-state index contributed by atoms with van der Waals surface area (Å²) >= 11 is 1.62. The molecule has 116 valence electrons. The third kappa shape index (κ3) is 5.51. The summed E-state index contributed by atoms with van der Waals surface area (Å²) in [6.07, 6.45) is 1.54. The van der Waals surface area contributed by atoms with Crippen LogP contribution in [0.3, 0.4) is 0 Å². The van der Waals surface area contributed by atoms with Crippen molar-refractivity contribution in [1.29, 1.82) is 0 Å². The quantitative estimate of drug-likeness (QED) is 0.905. The lowest BCUT2D eigenvalue weighted by Crippen LogP contribution is -2.42. The maximum Gasteiger partial charge on any atom is 0.405 e. The van der Waals surface area contributed by atoms with Gasteiger partial charge in [-0.15, -0.1) is 11.3 Å². The van der Waals surface area contributed by atoms with Gasteiger partial charge in [-0.1, -0.05) is 12.1 Å². The van der Waals surface area contributed by atoms with Crippen molar-refractivity contribution in [2.75, 3.05) is 19.6 Å². The number of rotatable bonds is 5. The van der Waals surface area contributed by atoms with Gasteiger partial charge in [-0.25, -0.2) is 0 Å². The summed E-state index contributed by atoms with van der Waals surface area (Å²) in [7, 11) is 0. The van der Waals surface area contributed by atoms with Crippen LogP contribution in [0.5, 0.6) is 0 Å². The van der Waals surface area contributed by atoms with Gasteiger partial charge in [-0.05, 0) is 36.9 Å². The Morgan fingerprint density at radius 1 is 1.52 bits per heavy atom. The molecule has 0 spiro atoms. The zero-order valence-electron chi connectivity index (χ0n) is 11.4. The lowest BCUT2D eigenvalue weighted by Gasteiger charge is -2.21. The molecule has 2 heterocycles. The van der Waals surface area contributed by atoms with Crippen LogP contribution in [0.15, 0.2) is 23.6 Å². The van der Waals surface area contributed by atoms with E-state index in [1.807, 2.05) is 39.9 Å². The Balaban J connectivity index is 1.83. The SMILES string of the molecule is O=C(CN1CCCC1/C=C/c1cccs1)NCC(F)(F)F. The zero-order valence-corrected chi connectivity index (χ0v) is 12.2. The van der Waals surface area contributed by atoms with E-state index in [2.05, 4.69) is 0 Å². The highest BCUT2D eigenvalue weighted by Crippen LogP contribution is 2.20. The molecule has 0 bridgehead atoms. The van der Waals surface area contributed by atoms with Crippen LogP contribution in [0.1, 0.15) is 17.7 Å². The Hall–Kier alpha value is -1.34. The van der Waals surface area contributed by atoms with Crippen LogP contribution in [-0.4, -0.2) is 42.7 Å². The Labute approximate surface area is 125 Å². The molecule has 0 radical (unpaired) electrons. The Morgan fingerprint density at radius 3 is 3.00 bits per heavy atom. The van der Waals surface area contributed by atoms with E-state index >= 15 is 0 Å². The summed E-state index contributed by atoms with van der Waals surface area (Å²) in [6.45, 7) is -0.524. The molecule has 3 nitrogen and oxygen atoms in total. The molecule has 1 aliphatic rings. The predicted molar refractivity (Wildman–Crippen MR) is 77.0 cm³/mol. The van der Waals surface area contributed by atoms with E-state index in [9.17, 15) is 18.0 Å². The summed E-state index contributed by atoms with van der Waals surface area (Å²) in [5.41, 5.74) is 0. The fourth-order valence-electron chi connectivity index (χ4n) is 2.30. The van der Waals surface area contributed by atoms with Crippen LogP contribution >= 0.6 is 11.3 Å². The van der Waals surface area contributed by atoms with Gasteiger partial charge in [0.1, 0.15) is 6.54 Å². The molecule has 1 N–H and O–H groups in total. The number of amides is 1. The average molecular weight is 318 g/mol. The molecular formula is C14H17F3N2OS. The van der Waals surface area contributed by atoms with E-state index in [0.29, 0.717) is 0 Å². The summed E-state index contributed by atoms with van der Waals surface area (Å²) < 4.78 is 36.1. The van der Waals surface area contributed by atoms with Gasteiger partial charge in [-0.3, -0.25) is 9.69 Å². The van der Waals surface area contributed by atoms with Crippen LogP contribution < -0.4 is 5.32 Å². The second-order valence-electron chi connectivity index (χ2n) is 4.95. The first-order valence-electron chi connectivity index (χ1n) is 6.73. The molecule has 1 amide bonds. The van der Waals surface area contributed by atoms with Crippen LogP contribution in [0.4, 0.5) is 13.2 Å². The number of nitrogens with zero attached hydrogens (tertiary/aromatic N) is 1. The van der Waals surface area contributed by atoms with Crippen molar-refractivity contribution >= 4 is 23.3 Å². The zero-order chi connectivity index (χ0) is 15.3. The lowest BCUT2D eigenvalue weighted by atomic mass is 10.2. The van der Waals surface area contributed by atoms with Crippen molar-refractivity contribution in [2.24, 2.45) is 0 Å². The third-order valence-electron chi connectivity index (χ3n) is 3.27. The maximum atomic E-state index is 12.0. The fraction of sp³-hybridized carbons (Fsp3) is 0.500. The molecule has 7 heteroatoms. The summed E-state index contributed by atoms with van der Waals surface area (Å²) in [5, 5.41) is 3.89. The molecule has 1 aliphatic heterocycles. The van der Waals surface area contributed by atoms with E-state index in [-0.39, 0.29) is 12.6 Å². The van der Waals surface area contributed by atoms with E-state index in [1.165, 1.54) is 0 Å². The highest BCUT2D eigenvalue weighted by molar-refractivity contribution is 7.10. The molecule has 1 atom stereocenters. The van der Waals surface area contributed by atoms with Gasteiger partial charge in [0, 0.05) is 10.9 Å². The highest BCUT2D eigenvalue weighted by Gasteiger charge is 2.29. The smallest absolute Gasteiger partial charge is 0.346 e. The van der Waals surface area contributed by atoms with E-state index in [1.54, 1.807) is 11.3 Å². The number of alkyl halides is 3. The molecule has 1 fully saturated rings. The number of hydrogen-bond acceptors (Lipinski definition) is 3. The molecule has 1 aromatic rings. The minimum absolute atomic E-state index is 0.00945. The number of halogens is 3. The number of thiophene rings is 1. The highest BCUT2D eigenvalue weighted by atomic mass is 32.1. The third-order valence-corrected chi connectivity index (χ3v) is 4.11. The Kier molecular flexibility index (Phi) is 5.41. The first kappa shape index (κ1) is 16.0. The van der Waals surface area contributed by atoms with Crippen LogP contribution in [0.2, 0.25) is 0 Å². The van der Waals surface area contributed by atoms with Crippen molar-refractivity contribution in [1.82, 2.24) is 10.2 Å². The van der Waals surface area contributed by atoms with Gasteiger partial charge >= 0.3 is 6.18 Å². The van der Waals surface area contributed by atoms with Crippen molar-refractivity contribution in [3.63, 3.8) is 0 Å². The molecule has 0 aliphatic carbocycles. The fourth-order valence-corrected chi connectivity index (χ4v) is 2.93. The van der Waals surface area contributed by atoms with E-state index in [4.69, 9.17) is 0 Å². The van der Waals surface area contributed by atoms with Crippen molar-refractivity contribution in [2.45, 2.75) is 25.1 Å². The van der Waals surface area contributed by atoms with Crippen molar-refractivity contribution in [3.8, 4) is 0 Å².